The molecule has 0 saturated carbocycles. The minimum atomic E-state index is 0.275. The highest BCUT2D eigenvalue weighted by Gasteiger charge is 2.18. The van der Waals surface area contributed by atoms with Crippen LogP contribution in [0.25, 0.3) is 17.1 Å². The molecule has 0 fully saturated rings. The maximum Gasteiger partial charge on any atom is 0.202 e. The van der Waals surface area contributed by atoms with Gasteiger partial charge < -0.3 is 0 Å². The first-order valence-electron chi connectivity index (χ1n) is 8.51. The number of benzene rings is 1. The van der Waals surface area contributed by atoms with Crippen molar-refractivity contribution in [1.82, 2.24) is 29.9 Å². The Kier molecular flexibility index (Phi) is 4.83. The Labute approximate surface area is 166 Å². The van der Waals surface area contributed by atoms with Gasteiger partial charge in [-0.3, -0.25) is 9.55 Å². The Morgan fingerprint density at radius 2 is 1.71 bits per heavy atom. The summed E-state index contributed by atoms with van der Waals surface area (Å²) in [6.45, 7) is 4.16. The molecule has 0 unspecified atom stereocenters. The lowest BCUT2D eigenvalue weighted by Gasteiger charge is -2.12. The van der Waals surface area contributed by atoms with Crippen molar-refractivity contribution in [3.05, 3.63) is 71.7 Å². The topological polar surface area (TPSA) is 93.2 Å². The molecule has 0 bridgehead atoms. The molecule has 0 spiro atoms. The fourth-order valence-corrected chi connectivity index (χ4v) is 3.42. The fourth-order valence-electron chi connectivity index (χ4n) is 2.65. The van der Waals surface area contributed by atoms with Gasteiger partial charge in [0, 0.05) is 18.0 Å². The van der Waals surface area contributed by atoms with Gasteiger partial charge in [-0.25, -0.2) is 0 Å². The van der Waals surface area contributed by atoms with Crippen molar-refractivity contribution in [2.24, 2.45) is 0 Å². The summed E-state index contributed by atoms with van der Waals surface area (Å²) in [7, 11) is 0. The van der Waals surface area contributed by atoms with Crippen LogP contribution in [0.5, 0.6) is 0 Å². The summed E-state index contributed by atoms with van der Waals surface area (Å²) in [4.78, 5) is 4.08. The van der Waals surface area contributed by atoms with Crippen LogP contribution < -0.4 is 0 Å². The fraction of sp³-hybridized carbons (Fsp3) is 0.100. The highest BCUT2D eigenvalue weighted by atomic mass is 32.2. The largest absolute Gasteiger partial charge is 0.270 e. The highest BCUT2D eigenvalue weighted by molar-refractivity contribution is 7.99. The molecule has 4 aromatic rings. The molecule has 0 amide bonds. The lowest BCUT2D eigenvalue weighted by atomic mass is 10.1. The normalized spacial score (nSPS) is 10.6. The second kappa shape index (κ2) is 7.58. The first kappa shape index (κ1) is 17.8. The third kappa shape index (κ3) is 3.48. The van der Waals surface area contributed by atoms with E-state index in [1.54, 1.807) is 24.5 Å². The summed E-state index contributed by atoms with van der Waals surface area (Å²) in [6, 6.07) is 15.4. The number of aromatic nitrogens is 6. The highest BCUT2D eigenvalue weighted by Crippen LogP contribution is 2.31. The van der Waals surface area contributed by atoms with E-state index in [1.807, 2.05) is 28.8 Å². The Morgan fingerprint density at radius 3 is 2.39 bits per heavy atom. The number of nitrogens with zero attached hydrogens (tertiary/aromatic N) is 7. The van der Waals surface area contributed by atoms with E-state index in [1.165, 1.54) is 22.9 Å². The van der Waals surface area contributed by atoms with E-state index in [0.29, 0.717) is 10.2 Å². The van der Waals surface area contributed by atoms with Crippen molar-refractivity contribution in [3.8, 4) is 23.1 Å². The van der Waals surface area contributed by atoms with Crippen molar-refractivity contribution >= 4 is 11.8 Å². The number of rotatable bonds is 4. The van der Waals surface area contributed by atoms with Crippen LogP contribution in [0, 0.1) is 25.2 Å². The predicted octanol–water partition coefficient (Wildman–Crippen LogP) is 3.76. The van der Waals surface area contributed by atoms with Crippen molar-refractivity contribution in [2.75, 3.05) is 0 Å². The van der Waals surface area contributed by atoms with E-state index in [9.17, 15) is 0 Å². The summed E-state index contributed by atoms with van der Waals surface area (Å²) in [5, 5.41) is 27.0. The molecule has 136 valence electrons. The summed E-state index contributed by atoms with van der Waals surface area (Å²) < 4.78 is 1.99. The monoisotopic (exact) mass is 385 g/mol. The summed E-state index contributed by atoms with van der Waals surface area (Å²) in [6.07, 6.45) is 3.46. The molecule has 3 aromatic heterocycles. The average Bonchev–Trinajstić information content (AvgIpc) is 3.15. The van der Waals surface area contributed by atoms with Gasteiger partial charge in [-0.1, -0.05) is 6.07 Å². The van der Waals surface area contributed by atoms with Crippen LogP contribution in [-0.2, 0) is 0 Å². The maximum atomic E-state index is 8.90. The van der Waals surface area contributed by atoms with Crippen LogP contribution in [0.15, 0.2) is 65.0 Å². The quantitative estimate of drug-likeness (QED) is 0.528. The van der Waals surface area contributed by atoms with E-state index in [-0.39, 0.29) is 5.69 Å². The van der Waals surface area contributed by atoms with Crippen molar-refractivity contribution in [3.63, 3.8) is 0 Å². The Morgan fingerprint density at radius 1 is 0.893 bits per heavy atom. The van der Waals surface area contributed by atoms with E-state index in [0.717, 1.165) is 17.1 Å². The van der Waals surface area contributed by atoms with Gasteiger partial charge in [0.05, 0.1) is 5.69 Å². The second-order valence-corrected chi connectivity index (χ2v) is 7.10. The van der Waals surface area contributed by atoms with Gasteiger partial charge in [-0.15, -0.1) is 20.4 Å². The van der Waals surface area contributed by atoms with Gasteiger partial charge in [0.25, 0.3) is 0 Å². The molecule has 4 rings (SSSR count). The van der Waals surface area contributed by atoms with Gasteiger partial charge in [-0.2, -0.15) is 5.26 Å². The second-order valence-electron chi connectivity index (χ2n) is 6.12. The minimum absolute atomic E-state index is 0.275. The Bertz CT molecular complexity index is 1160. The number of aryl methyl sites for hydroxylation is 2. The zero-order valence-electron chi connectivity index (χ0n) is 15.2. The zero-order chi connectivity index (χ0) is 19.5. The van der Waals surface area contributed by atoms with Crippen LogP contribution in [-0.4, -0.2) is 29.9 Å². The molecule has 0 saturated heterocycles. The molecule has 0 atom stereocenters. The third-order valence-electron chi connectivity index (χ3n) is 4.27. The molecule has 0 aliphatic heterocycles. The van der Waals surface area contributed by atoms with E-state index < -0.39 is 0 Å². The van der Waals surface area contributed by atoms with Gasteiger partial charge in [0.1, 0.15) is 11.1 Å². The van der Waals surface area contributed by atoms with Crippen LogP contribution in [0.4, 0.5) is 0 Å². The van der Waals surface area contributed by atoms with E-state index in [4.69, 9.17) is 5.26 Å². The van der Waals surface area contributed by atoms with Gasteiger partial charge in [-0.05, 0) is 73.1 Å². The molecule has 0 N–H and O–H groups in total. The summed E-state index contributed by atoms with van der Waals surface area (Å²) >= 11 is 1.34. The molecule has 0 radical (unpaired) electrons. The molecule has 8 heteroatoms. The molecule has 1 aromatic carbocycles. The van der Waals surface area contributed by atoms with Crippen molar-refractivity contribution in [2.45, 2.75) is 24.0 Å². The molecule has 28 heavy (non-hydrogen) atoms. The molecule has 0 aliphatic rings. The van der Waals surface area contributed by atoms with E-state index >= 15 is 0 Å². The maximum absolute atomic E-state index is 8.90. The van der Waals surface area contributed by atoms with Crippen LogP contribution >= 0.6 is 11.8 Å². The van der Waals surface area contributed by atoms with Gasteiger partial charge in [0.15, 0.2) is 11.5 Å². The van der Waals surface area contributed by atoms with Gasteiger partial charge in [0.2, 0.25) is 5.16 Å². The summed E-state index contributed by atoms with van der Waals surface area (Å²) in [5.74, 6) is 0.717. The lowest BCUT2D eigenvalue weighted by molar-refractivity contribution is 0.867. The van der Waals surface area contributed by atoms with Crippen LogP contribution in [0.1, 0.15) is 16.8 Å². The van der Waals surface area contributed by atoms with Crippen LogP contribution in [0.3, 0.4) is 0 Å². The molecule has 7 nitrogen and oxygen atoms in total. The van der Waals surface area contributed by atoms with Gasteiger partial charge >= 0.3 is 0 Å². The number of pyridine rings is 1. The first-order valence-corrected chi connectivity index (χ1v) is 9.32. The molecular formula is C20H15N7S. The van der Waals surface area contributed by atoms with Crippen LogP contribution in [0.2, 0.25) is 0 Å². The molecule has 3 heterocycles. The number of hydrogen-bond donors (Lipinski definition) is 0. The molecular weight excluding hydrogens is 370 g/mol. The minimum Gasteiger partial charge on any atom is -0.270 e. The first-order chi connectivity index (χ1) is 13.7. The SMILES string of the molecule is Cc1ccc(-n2c(Sc3ccc(C#N)nn3)nnc2-c2ccncc2)cc1C. The third-order valence-corrected chi connectivity index (χ3v) is 5.14. The standard InChI is InChI=1S/C20H15N7S/c1-13-3-5-17(11-14(13)2)27-19(15-7-9-22-10-8-15)25-26-20(27)28-18-6-4-16(12-21)23-24-18/h3-11H,1-2H3. The Hall–Kier alpha value is -3.57. The lowest BCUT2D eigenvalue weighted by Crippen LogP contribution is -2.01. The smallest absolute Gasteiger partial charge is 0.202 e. The molecule has 0 aliphatic carbocycles. The Balaban J connectivity index is 1.83. The summed E-state index contributed by atoms with van der Waals surface area (Å²) in [5.41, 5.74) is 4.55. The predicted molar refractivity (Wildman–Crippen MR) is 105 cm³/mol. The number of hydrogen-bond acceptors (Lipinski definition) is 7. The van der Waals surface area contributed by atoms with E-state index in [2.05, 4.69) is 51.4 Å². The number of nitriles is 1. The van der Waals surface area contributed by atoms with Crippen molar-refractivity contribution < 1.29 is 0 Å². The van der Waals surface area contributed by atoms with Crippen molar-refractivity contribution in [1.29, 1.82) is 5.26 Å². The average molecular weight is 385 g/mol. The zero-order valence-corrected chi connectivity index (χ0v) is 16.1.